The summed E-state index contributed by atoms with van der Waals surface area (Å²) in [5.74, 6) is 0. The summed E-state index contributed by atoms with van der Waals surface area (Å²) in [6.45, 7) is 28.7. The highest BCUT2D eigenvalue weighted by Gasteiger charge is 2.31. The maximum atomic E-state index is 10.2. The van der Waals surface area contributed by atoms with E-state index in [1.165, 1.54) is 11.1 Å². The van der Waals surface area contributed by atoms with Crippen molar-refractivity contribution in [3.05, 3.63) is 35.4 Å². The summed E-state index contributed by atoms with van der Waals surface area (Å²) in [5.41, 5.74) is 3.53. The molecule has 0 saturated carbocycles. The molecule has 0 fully saturated rings. The highest BCUT2D eigenvalue weighted by molar-refractivity contribution is 5.24. The fourth-order valence-electron chi connectivity index (χ4n) is 4.35. The Balaban J connectivity index is -0.000000228. The molecule has 1 aromatic rings. The Labute approximate surface area is 205 Å². The van der Waals surface area contributed by atoms with Gasteiger partial charge in [0.1, 0.15) is 0 Å². The molecule has 0 bridgehead atoms. The molecule has 0 spiro atoms. The van der Waals surface area contributed by atoms with Crippen molar-refractivity contribution in [2.24, 2.45) is 21.7 Å². The molecule has 1 N–H and O–H groups in total. The first-order valence-electron chi connectivity index (χ1n) is 11.4. The first kappa shape index (κ1) is 38.4. The molecule has 0 radical (unpaired) electrons. The van der Waals surface area contributed by atoms with E-state index in [-0.39, 0.29) is 33.1 Å². The van der Waals surface area contributed by atoms with Crippen LogP contribution in [0.15, 0.2) is 24.3 Å². The van der Waals surface area contributed by atoms with Crippen LogP contribution in [-0.4, -0.2) is 10.7 Å². The third-order valence-corrected chi connectivity index (χ3v) is 4.31. The summed E-state index contributed by atoms with van der Waals surface area (Å²) < 4.78 is 0. The van der Waals surface area contributed by atoms with Gasteiger partial charge >= 0.3 is 0 Å². The minimum absolute atomic E-state index is 0. The molecule has 0 aliphatic heterocycles. The fraction of sp³-hybridized carbons (Fsp3) is 0.806. The summed E-state index contributed by atoms with van der Waals surface area (Å²) in [6, 6.07) is 9.14. The van der Waals surface area contributed by atoms with Crippen molar-refractivity contribution in [2.75, 3.05) is 0 Å². The van der Waals surface area contributed by atoms with Gasteiger partial charge in [0, 0.05) is 0 Å². The zero-order valence-electron chi connectivity index (χ0n) is 22.1. The standard InChI is InChI=1S/C16H26.C12H26O.3CH4/c1-15(2,3)11-13-7-9-14(10-8-13)12-16(4,5)6;1-10(2,3)8-12(7,13)9-11(4,5)6;;;/h7-10H,11-12H2,1-6H3;13H,8-9H2,1-7H3;3*1H4. The van der Waals surface area contributed by atoms with Crippen molar-refractivity contribution in [3.8, 4) is 0 Å². The van der Waals surface area contributed by atoms with Gasteiger partial charge in [-0.1, -0.05) is 130 Å². The number of benzene rings is 1. The smallest absolute Gasteiger partial charge is 0.0629 e. The lowest BCUT2D eigenvalue weighted by molar-refractivity contribution is -0.0143. The average Bonchev–Trinajstić information content (AvgIpc) is 2.32. The summed E-state index contributed by atoms with van der Waals surface area (Å²) in [4.78, 5) is 0. The zero-order valence-corrected chi connectivity index (χ0v) is 22.1. The molecule has 1 rings (SSSR count). The zero-order chi connectivity index (χ0) is 23.3. The van der Waals surface area contributed by atoms with E-state index < -0.39 is 5.60 Å². The molecule has 0 unspecified atom stereocenters. The third-order valence-electron chi connectivity index (χ3n) is 4.31. The van der Waals surface area contributed by atoms with Crippen LogP contribution in [0.25, 0.3) is 0 Å². The van der Waals surface area contributed by atoms with Crippen molar-refractivity contribution in [1.29, 1.82) is 0 Å². The van der Waals surface area contributed by atoms with Crippen molar-refractivity contribution in [2.45, 2.75) is 144 Å². The van der Waals surface area contributed by atoms with Crippen molar-refractivity contribution < 1.29 is 5.11 Å². The van der Waals surface area contributed by atoms with Gasteiger partial charge in [0.05, 0.1) is 5.60 Å². The minimum Gasteiger partial charge on any atom is -0.390 e. The van der Waals surface area contributed by atoms with E-state index in [9.17, 15) is 5.11 Å². The Morgan fingerprint density at radius 1 is 0.469 bits per heavy atom. The van der Waals surface area contributed by atoms with Gasteiger partial charge in [-0.3, -0.25) is 0 Å². The van der Waals surface area contributed by atoms with E-state index in [1.807, 2.05) is 6.92 Å². The lowest BCUT2D eigenvalue weighted by atomic mass is 9.75. The topological polar surface area (TPSA) is 20.2 Å². The number of aliphatic hydroxyl groups is 1. The molecule has 0 aliphatic rings. The van der Waals surface area contributed by atoms with E-state index in [1.54, 1.807) is 0 Å². The molecule has 0 atom stereocenters. The normalized spacial score (nSPS) is 12.4. The van der Waals surface area contributed by atoms with E-state index in [0.717, 1.165) is 25.7 Å². The predicted octanol–water partition coefficient (Wildman–Crippen LogP) is 10.4. The van der Waals surface area contributed by atoms with Crippen LogP contribution >= 0.6 is 0 Å². The Morgan fingerprint density at radius 3 is 0.844 bits per heavy atom. The van der Waals surface area contributed by atoms with E-state index in [4.69, 9.17) is 0 Å². The van der Waals surface area contributed by atoms with Crippen LogP contribution in [0.3, 0.4) is 0 Å². The van der Waals surface area contributed by atoms with Gasteiger partial charge in [0.25, 0.3) is 0 Å². The summed E-state index contributed by atoms with van der Waals surface area (Å²) in [6.07, 6.45) is 4.03. The summed E-state index contributed by atoms with van der Waals surface area (Å²) in [7, 11) is 0. The van der Waals surface area contributed by atoms with Crippen LogP contribution in [0.4, 0.5) is 0 Å². The van der Waals surface area contributed by atoms with Gasteiger partial charge in [-0.25, -0.2) is 0 Å². The van der Waals surface area contributed by atoms with Gasteiger partial charge in [-0.2, -0.15) is 0 Å². The second kappa shape index (κ2) is 13.8. The Morgan fingerprint density at radius 2 is 0.688 bits per heavy atom. The van der Waals surface area contributed by atoms with Crippen LogP contribution in [0.1, 0.15) is 136 Å². The fourth-order valence-corrected chi connectivity index (χ4v) is 4.35. The Kier molecular flexibility index (Phi) is 16.6. The Bertz CT molecular complexity index is 525. The molecule has 1 nitrogen and oxygen atoms in total. The van der Waals surface area contributed by atoms with Crippen LogP contribution in [0, 0.1) is 21.7 Å². The monoisotopic (exact) mass is 452 g/mol. The lowest BCUT2D eigenvalue weighted by Crippen LogP contribution is -2.34. The molecule has 1 aromatic carbocycles. The van der Waals surface area contributed by atoms with Gasteiger partial charge < -0.3 is 5.11 Å². The van der Waals surface area contributed by atoms with Crippen molar-refractivity contribution in [1.82, 2.24) is 0 Å². The maximum absolute atomic E-state index is 10.2. The SMILES string of the molecule is C.C.C.CC(C)(C)CC(C)(O)CC(C)(C)C.CC(C)(C)Cc1ccc(CC(C)(C)C)cc1. The van der Waals surface area contributed by atoms with Crippen LogP contribution < -0.4 is 0 Å². The Hall–Kier alpha value is -0.820. The number of rotatable bonds is 4. The lowest BCUT2D eigenvalue weighted by Gasteiger charge is -2.35. The highest BCUT2D eigenvalue weighted by Crippen LogP contribution is 2.35. The summed E-state index contributed by atoms with van der Waals surface area (Å²) >= 11 is 0. The van der Waals surface area contributed by atoms with E-state index >= 15 is 0 Å². The molecule has 0 aromatic heterocycles. The van der Waals surface area contributed by atoms with Gasteiger partial charge in [0.15, 0.2) is 0 Å². The van der Waals surface area contributed by atoms with Gasteiger partial charge in [0.2, 0.25) is 0 Å². The average molecular weight is 453 g/mol. The molecule has 0 saturated heterocycles. The first-order chi connectivity index (χ1) is 12.6. The number of hydrogen-bond donors (Lipinski definition) is 1. The number of hydrogen-bond acceptors (Lipinski definition) is 1. The maximum Gasteiger partial charge on any atom is 0.0629 e. The molecule has 194 valence electrons. The van der Waals surface area contributed by atoms with E-state index in [2.05, 4.69) is 107 Å². The molecule has 0 heterocycles. The van der Waals surface area contributed by atoms with Crippen LogP contribution in [0.2, 0.25) is 0 Å². The predicted molar refractivity (Wildman–Crippen MR) is 152 cm³/mol. The third kappa shape index (κ3) is 23.8. The van der Waals surface area contributed by atoms with Crippen LogP contribution in [0.5, 0.6) is 0 Å². The van der Waals surface area contributed by atoms with Gasteiger partial charge in [-0.05, 0) is 65.4 Å². The second-order valence-corrected chi connectivity index (χ2v) is 14.3. The van der Waals surface area contributed by atoms with Crippen molar-refractivity contribution in [3.63, 3.8) is 0 Å². The van der Waals surface area contributed by atoms with Crippen molar-refractivity contribution >= 4 is 0 Å². The largest absolute Gasteiger partial charge is 0.390 e. The summed E-state index contributed by atoms with van der Waals surface area (Å²) in [5, 5.41) is 10.2. The molecular formula is C31H64O. The molecular weight excluding hydrogens is 388 g/mol. The molecule has 0 amide bonds. The first-order valence-corrected chi connectivity index (χ1v) is 11.4. The minimum atomic E-state index is -0.531. The van der Waals surface area contributed by atoms with E-state index in [0.29, 0.717) is 10.8 Å². The highest BCUT2D eigenvalue weighted by atomic mass is 16.3. The van der Waals surface area contributed by atoms with Crippen LogP contribution in [-0.2, 0) is 12.8 Å². The van der Waals surface area contributed by atoms with Gasteiger partial charge in [-0.15, -0.1) is 0 Å². The molecule has 0 aliphatic carbocycles. The second-order valence-electron chi connectivity index (χ2n) is 14.3. The molecule has 32 heavy (non-hydrogen) atoms. The quantitative estimate of drug-likeness (QED) is 0.481. The molecule has 1 heteroatoms.